The number of hydrazone groups is 1. The largest absolute Gasteiger partial charge is 0.481 e. The summed E-state index contributed by atoms with van der Waals surface area (Å²) in [5, 5.41) is 28.7. The van der Waals surface area contributed by atoms with Crippen LogP contribution in [0.4, 0.5) is 10.5 Å². The minimum absolute atomic E-state index is 0.193. The Bertz CT molecular complexity index is 1210. The van der Waals surface area contributed by atoms with Gasteiger partial charge < -0.3 is 21.6 Å². The van der Waals surface area contributed by atoms with Gasteiger partial charge >= 0.3 is 12.0 Å². The molecule has 2 aromatic carbocycles. The summed E-state index contributed by atoms with van der Waals surface area (Å²) in [4.78, 5) is 60.8. The molecule has 0 spiro atoms. The molecular weight excluding hydrogens is 460 g/mol. The first-order valence-corrected chi connectivity index (χ1v) is 10.3. The molecule has 0 bridgehead atoms. The first kappa shape index (κ1) is 24.8. The number of hydrogen-bond acceptors (Lipinski definition) is 8. The monoisotopic (exact) mass is 482 g/mol. The van der Waals surface area contributed by atoms with Crippen molar-refractivity contribution in [3.8, 4) is 0 Å². The predicted octanol–water partition coefficient (Wildman–Crippen LogP) is 0.987. The number of imide groups is 1. The molecule has 1 fully saturated rings. The molecule has 0 aliphatic carbocycles. The minimum Gasteiger partial charge on any atom is -0.481 e. The van der Waals surface area contributed by atoms with Gasteiger partial charge in [-0.3, -0.25) is 29.4 Å². The third-order valence-corrected chi connectivity index (χ3v) is 5.49. The first-order valence-electron chi connectivity index (χ1n) is 10.3. The standard InChI is InChI=1S/C22H22N6O7/c1-22(15-7-5-13(6-8-15)11-24-23)20(32)27(21(33)26-22)12-18(29)25-17(10-19(30)31)14-3-2-4-16(9-14)28(34)35/h2-9,11,17H,10,12,23H2,1H3,(H,25,29)(H,26,33)(H,30,31)/b24-11+. The van der Waals surface area contributed by atoms with Crippen molar-refractivity contribution in [3.05, 3.63) is 75.3 Å². The van der Waals surface area contributed by atoms with Gasteiger partial charge in [0.25, 0.3) is 11.6 Å². The van der Waals surface area contributed by atoms with Crippen LogP contribution in [0.3, 0.4) is 0 Å². The number of nitrogens with one attached hydrogen (secondary N) is 2. The van der Waals surface area contributed by atoms with Gasteiger partial charge in [-0.1, -0.05) is 36.4 Å². The number of rotatable bonds is 9. The molecule has 35 heavy (non-hydrogen) atoms. The average Bonchev–Trinajstić information content (AvgIpc) is 3.03. The van der Waals surface area contributed by atoms with Crippen molar-refractivity contribution < 1.29 is 29.2 Å². The molecule has 1 heterocycles. The van der Waals surface area contributed by atoms with Gasteiger partial charge in [-0.25, -0.2) is 4.79 Å². The number of nitro benzene ring substituents is 1. The van der Waals surface area contributed by atoms with E-state index in [0.29, 0.717) is 11.1 Å². The number of nitro groups is 1. The average molecular weight is 482 g/mol. The van der Waals surface area contributed by atoms with Gasteiger partial charge in [0.05, 0.1) is 23.6 Å². The number of carbonyl (C=O) groups is 4. The maximum atomic E-state index is 13.1. The number of carboxylic acids is 1. The van der Waals surface area contributed by atoms with E-state index in [1.807, 2.05) is 0 Å². The molecule has 0 aromatic heterocycles. The van der Waals surface area contributed by atoms with Crippen molar-refractivity contribution in [2.75, 3.05) is 6.54 Å². The molecule has 0 saturated carbocycles. The molecule has 3 rings (SSSR count). The number of carbonyl (C=O) groups excluding carboxylic acids is 3. The SMILES string of the molecule is CC1(c2ccc(/C=N/N)cc2)NC(=O)N(CC(=O)NC(CC(=O)O)c2cccc([N+](=O)[O-])c2)C1=O. The highest BCUT2D eigenvalue weighted by Gasteiger charge is 2.49. The lowest BCUT2D eigenvalue weighted by molar-refractivity contribution is -0.384. The van der Waals surface area contributed by atoms with Crippen molar-refractivity contribution in [1.82, 2.24) is 15.5 Å². The van der Waals surface area contributed by atoms with Crippen molar-refractivity contribution in [1.29, 1.82) is 0 Å². The van der Waals surface area contributed by atoms with E-state index in [2.05, 4.69) is 15.7 Å². The van der Waals surface area contributed by atoms with Crippen LogP contribution in [0, 0.1) is 10.1 Å². The number of nitrogens with two attached hydrogens (primary N) is 1. The van der Waals surface area contributed by atoms with Gasteiger partial charge in [0.2, 0.25) is 5.91 Å². The summed E-state index contributed by atoms with van der Waals surface area (Å²) < 4.78 is 0. The second kappa shape index (κ2) is 9.99. The highest BCUT2D eigenvalue weighted by molar-refractivity contribution is 6.09. The fraction of sp³-hybridized carbons (Fsp3) is 0.227. The maximum Gasteiger partial charge on any atom is 0.325 e. The van der Waals surface area contributed by atoms with Crippen LogP contribution < -0.4 is 16.5 Å². The Morgan fingerprint density at radius 1 is 1.29 bits per heavy atom. The van der Waals surface area contributed by atoms with Crippen molar-refractivity contribution in [2.24, 2.45) is 10.9 Å². The molecule has 1 aliphatic heterocycles. The molecule has 2 aromatic rings. The van der Waals surface area contributed by atoms with Crippen LogP contribution in [0.25, 0.3) is 0 Å². The Hall–Kier alpha value is -4.81. The van der Waals surface area contributed by atoms with Gasteiger partial charge in [-0.2, -0.15) is 5.10 Å². The van der Waals surface area contributed by atoms with E-state index in [4.69, 9.17) is 5.84 Å². The Balaban J connectivity index is 1.77. The van der Waals surface area contributed by atoms with E-state index in [1.165, 1.54) is 31.3 Å². The van der Waals surface area contributed by atoms with E-state index in [0.717, 1.165) is 11.0 Å². The molecule has 4 amide bonds. The number of hydrogen-bond donors (Lipinski definition) is 4. The van der Waals surface area contributed by atoms with E-state index in [-0.39, 0.29) is 11.3 Å². The number of nitrogens with zero attached hydrogens (tertiary/aromatic N) is 3. The summed E-state index contributed by atoms with van der Waals surface area (Å²) in [6, 6.07) is 9.79. The fourth-order valence-electron chi connectivity index (χ4n) is 3.69. The quantitative estimate of drug-likeness (QED) is 0.133. The number of carboxylic acid groups (broad SMARTS) is 1. The molecule has 13 heteroatoms. The predicted molar refractivity (Wildman–Crippen MR) is 122 cm³/mol. The van der Waals surface area contributed by atoms with E-state index in [1.54, 1.807) is 24.3 Å². The fourth-order valence-corrected chi connectivity index (χ4v) is 3.69. The molecule has 1 aliphatic rings. The lowest BCUT2D eigenvalue weighted by Gasteiger charge is -2.23. The Labute approximate surface area is 198 Å². The van der Waals surface area contributed by atoms with Gasteiger partial charge in [0.1, 0.15) is 12.1 Å². The van der Waals surface area contributed by atoms with Gasteiger partial charge in [-0.05, 0) is 23.6 Å². The van der Waals surface area contributed by atoms with Crippen molar-refractivity contribution in [2.45, 2.75) is 24.9 Å². The van der Waals surface area contributed by atoms with Crippen LogP contribution >= 0.6 is 0 Å². The second-order valence-electron chi connectivity index (χ2n) is 7.92. The summed E-state index contributed by atoms with van der Waals surface area (Å²) in [6.45, 7) is 0.816. The lowest BCUT2D eigenvalue weighted by Crippen LogP contribution is -2.44. The van der Waals surface area contributed by atoms with Crippen LogP contribution in [0.2, 0.25) is 0 Å². The summed E-state index contributed by atoms with van der Waals surface area (Å²) in [7, 11) is 0. The topological polar surface area (TPSA) is 197 Å². The minimum atomic E-state index is -1.43. The van der Waals surface area contributed by atoms with Crippen LogP contribution in [0.15, 0.2) is 53.6 Å². The number of benzene rings is 2. The lowest BCUT2D eigenvalue weighted by atomic mass is 9.91. The third kappa shape index (κ3) is 5.40. The zero-order chi connectivity index (χ0) is 25.8. The number of aliphatic carboxylic acids is 1. The van der Waals surface area contributed by atoms with Crippen LogP contribution in [0.1, 0.15) is 36.1 Å². The Morgan fingerprint density at radius 2 is 1.97 bits per heavy atom. The van der Waals surface area contributed by atoms with Crippen LogP contribution in [0.5, 0.6) is 0 Å². The van der Waals surface area contributed by atoms with E-state index >= 15 is 0 Å². The summed E-state index contributed by atoms with van der Waals surface area (Å²) in [5.74, 6) is 2.37. The summed E-state index contributed by atoms with van der Waals surface area (Å²) in [5.41, 5.74) is -0.374. The maximum absolute atomic E-state index is 13.1. The number of amides is 4. The molecule has 182 valence electrons. The normalized spacial score (nSPS) is 18.4. The van der Waals surface area contributed by atoms with Gasteiger partial charge in [0, 0.05) is 12.1 Å². The highest BCUT2D eigenvalue weighted by atomic mass is 16.6. The number of non-ortho nitro benzene ring substituents is 1. The Kier molecular flexibility index (Phi) is 7.08. The molecule has 2 unspecified atom stereocenters. The first-order chi connectivity index (χ1) is 16.5. The van der Waals surface area contributed by atoms with E-state index in [9.17, 15) is 34.4 Å². The van der Waals surface area contributed by atoms with Crippen LogP contribution in [-0.2, 0) is 19.9 Å². The zero-order valence-corrected chi connectivity index (χ0v) is 18.5. The highest BCUT2D eigenvalue weighted by Crippen LogP contribution is 2.29. The smallest absolute Gasteiger partial charge is 0.325 e. The molecule has 5 N–H and O–H groups in total. The van der Waals surface area contributed by atoms with Crippen molar-refractivity contribution in [3.63, 3.8) is 0 Å². The zero-order valence-electron chi connectivity index (χ0n) is 18.5. The number of urea groups is 1. The van der Waals surface area contributed by atoms with Gasteiger partial charge in [0.15, 0.2) is 0 Å². The summed E-state index contributed by atoms with van der Waals surface area (Å²) in [6.07, 6.45) is 0.843. The molecule has 13 nitrogen and oxygen atoms in total. The van der Waals surface area contributed by atoms with Gasteiger partial charge in [-0.15, -0.1) is 0 Å². The molecule has 2 atom stereocenters. The second-order valence-corrected chi connectivity index (χ2v) is 7.92. The van der Waals surface area contributed by atoms with Crippen molar-refractivity contribution >= 4 is 35.7 Å². The van der Waals surface area contributed by atoms with Crippen LogP contribution in [-0.4, -0.2) is 51.5 Å². The van der Waals surface area contributed by atoms with E-state index < -0.39 is 53.3 Å². The third-order valence-electron chi connectivity index (χ3n) is 5.49. The molecule has 1 saturated heterocycles. The Morgan fingerprint density at radius 3 is 2.57 bits per heavy atom. The molecule has 0 radical (unpaired) electrons. The molecular formula is C22H22N6O7. The summed E-state index contributed by atoms with van der Waals surface area (Å²) >= 11 is 0.